The summed E-state index contributed by atoms with van der Waals surface area (Å²) in [5.74, 6) is 1.05. The molecule has 0 aromatic heterocycles. The summed E-state index contributed by atoms with van der Waals surface area (Å²) in [7, 11) is 0. The first kappa shape index (κ1) is 21.6. The van der Waals surface area contributed by atoms with Gasteiger partial charge in [-0.15, -0.1) is 0 Å². The molecule has 1 amide bonds. The van der Waals surface area contributed by atoms with E-state index in [1.54, 1.807) is 0 Å². The first-order chi connectivity index (χ1) is 14.1. The highest BCUT2D eigenvalue weighted by Crippen LogP contribution is 2.21. The van der Waals surface area contributed by atoms with Crippen molar-refractivity contribution in [2.45, 2.75) is 52.2 Å². The molecule has 0 bridgehead atoms. The zero-order valence-corrected chi connectivity index (χ0v) is 18.0. The average Bonchev–Trinajstić information content (AvgIpc) is 3.16. The fourth-order valence-electron chi connectivity index (χ4n) is 3.97. The predicted octanol–water partition coefficient (Wildman–Crippen LogP) is 1.98. The molecule has 2 heterocycles. The minimum absolute atomic E-state index is 0.220. The number of nitrogens with zero attached hydrogens (tertiary/aromatic N) is 3. The molecule has 1 aromatic carbocycles. The second kappa shape index (κ2) is 10.6. The van der Waals surface area contributed by atoms with E-state index in [1.165, 1.54) is 0 Å². The molecule has 1 aromatic rings. The number of carbonyl (C=O) groups is 1. The Kier molecular flexibility index (Phi) is 7.89. The lowest BCUT2D eigenvalue weighted by atomic mass is 10.2. The Morgan fingerprint density at radius 3 is 2.72 bits per heavy atom. The molecule has 7 heteroatoms. The molecule has 2 unspecified atom stereocenters. The van der Waals surface area contributed by atoms with Gasteiger partial charge in [0.15, 0.2) is 5.96 Å². The fourth-order valence-corrected chi connectivity index (χ4v) is 3.97. The van der Waals surface area contributed by atoms with E-state index in [1.807, 2.05) is 17.0 Å². The van der Waals surface area contributed by atoms with Gasteiger partial charge in [0.1, 0.15) is 0 Å². The van der Waals surface area contributed by atoms with Crippen molar-refractivity contribution >= 4 is 17.6 Å². The van der Waals surface area contributed by atoms with Gasteiger partial charge in [-0.25, -0.2) is 4.99 Å². The van der Waals surface area contributed by atoms with Crippen LogP contribution in [0.1, 0.15) is 39.2 Å². The van der Waals surface area contributed by atoms with Crippen LogP contribution in [-0.4, -0.2) is 68.2 Å². The van der Waals surface area contributed by atoms with E-state index in [0.717, 1.165) is 63.0 Å². The molecule has 29 heavy (non-hydrogen) atoms. The summed E-state index contributed by atoms with van der Waals surface area (Å²) in [5.41, 5.74) is 2.12. The van der Waals surface area contributed by atoms with Crippen LogP contribution in [-0.2, 0) is 16.1 Å². The minimum atomic E-state index is 0.220. The molecular formula is C22H35N5O2. The van der Waals surface area contributed by atoms with Gasteiger partial charge in [-0.2, -0.15) is 0 Å². The molecule has 0 spiro atoms. The molecule has 0 aliphatic carbocycles. The maximum absolute atomic E-state index is 11.9. The van der Waals surface area contributed by atoms with Crippen LogP contribution in [0.25, 0.3) is 0 Å². The maximum atomic E-state index is 11.9. The number of carbonyl (C=O) groups excluding carboxylic acids is 1. The molecule has 2 aliphatic rings. The number of nitrogens with one attached hydrogen (secondary N) is 2. The second-order valence-electron chi connectivity index (χ2n) is 7.90. The molecule has 2 atom stereocenters. The molecule has 3 rings (SSSR count). The summed E-state index contributed by atoms with van der Waals surface area (Å²) < 4.78 is 5.54. The Balaban J connectivity index is 1.53. The molecule has 0 radical (unpaired) electrons. The molecule has 2 N–H and O–H groups in total. The smallest absolute Gasteiger partial charge is 0.227 e. The molecule has 160 valence electrons. The molecule has 2 aliphatic heterocycles. The lowest BCUT2D eigenvalue weighted by molar-refractivity contribution is -0.117. The van der Waals surface area contributed by atoms with Crippen molar-refractivity contribution in [3.05, 3.63) is 29.8 Å². The number of morpholine rings is 1. The Bertz CT molecular complexity index is 691. The molecular weight excluding hydrogens is 366 g/mol. The number of hydrogen-bond donors (Lipinski definition) is 2. The van der Waals surface area contributed by atoms with E-state index >= 15 is 0 Å². The molecule has 0 saturated carbocycles. The summed E-state index contributed by atoms with van der Waals surface area (Å²) >= 11 is 0. The number of anilines is 1. The fraction of sp³-hybridized carbons (Fsp3) is 0.636. The SMILES string of the molecule is CCNC(=NCc1ccc(N2CCCC2=O)cc1)NCC(C)N1CCOCC1C. The Morgan fingerprint density at radius 2 is 2.07 bits per heavy atom. The van der Waals surface area contributed by atoms with Crippen LogP contribution in [0, 0.1) is 0 Å². The van der Waals surface area contributed by atoms with E-state index in [-0.39, 0.29) is 5.91 Å². The van der Waals surface area contributed by atoms with E-state index in [0.29, 0.717) is 25.0 Å². The van der Waals surface area contributed by atoms with Gasteiger partial charge in [-0.1, -0.05) is 12.1 Å². The van der Waals surface area contributed by atoms with Crippen LogP contribution in [0.2, 0.25) is 0 Å². The van der Waals surface area contributed by atoms with Crippen molar-refractivity contribution in [1.29, 1.82) is 0 Å². The zero-order chi connectivity index (χ0) is 20.6. The zero-order valence-electron chi connectivity index (χ0n) is 18.0. The summed E-state index contributed by atoms with van der Waals surface area (Å²) in [6, 6.07) is 9.03. The number of amides is 1. The topological polar surface area (TPSA) is 69.2 Å². The van der Waals surface area contributed by atoms with E-state index < -0.39 is 0 Å². The van der Waals surface area contributed by atoms with Gasteiger partial charge in [-0.05, 0) is 44.9 Å². The van der Waals surface area contributed by atoms with E-state index in [2.05, 4.69) is 48.4 Å². The number of ether oxygens (including phenoxy) is 1. The van der Waals surface area contributed by atoms with Crippen molar-refractivity contribution < 1.29 is 9.53 Å². The van der Waals surface area contributed by atoms with Gasteiger partial charge in [0.25, 0.3) is 0 Å². The van der Waals surface area contributed by atoms with Crippen molar-refractivity contribution in [1.82, 2.24) is 15.5 Å². The Morgan fingerprint density at radius 1 is 1.28 bits per heavy atom. The summed E-state index contributed by atoms with van der Waals surface area (Å²) in [6.45, 7) is 12.2. The highest BCUT2D eigenvalue weighted by atomic mass is 16.5. The van der Waals surface area contributed by atoms with E-state index in [4.69, 9.17) is 9.73 Å². The quantitative estimate of drug-likeness (QED) is 0.540. The Labute approximate surface area is 174 Å². The largest absolute Gasteiger partial charge is 0.379 e. The third kappa shape index (κ3) is 5.93. The molecule has 2 fully saturated rings. The molecule has 2 saturated heterocycles. The predicted molar refractivity (Wildman–Crippen MR) is 117 cm³/mol. The number of guanidine groups is 1. The van der Waals surface area contributed by atoms with Crippen LogP contribution in [0.3, 0.4) is 0 Å². The van der Waals surface area contributed by atoms with Crippen LogP contribution < -0.4 is 15.5 Å². The highest BCUT2D eigenvalue weighted by Gasteiger charge is 2.23. The number of aliphatic imine (C=N–C) groups is 1. The van der Waals surface area contributed by atoms with E-state index in [9.17, 15) is 4.79 Å². The van der Waals surface area contributed by atoms with Crippen molar-refractivity contribution in [3.8, 4) is 0 Å². The lowest BCUT2D eigenvalue weighted by Gasteiger charge is -2.38. The first-order valence-corrected chi connectivity index (χ1v) is 10.8. The van der Waals surface area contributed by atoms with Crippen molar-refractivity contribution in [2.24, 2.45) is 4.99 Å². The van der Waals surface area contributed by atoms with Crippen molar-refractivity contribution in [2.75, 3.05) is 44.3 Å². The third-order valence-corrected chi connectivity index (χ3v) is 5.64. The van der Waals surface area contributed by atoms with Gasteiger partial charge in [0.05, 0.1) is 19.8 Å². The van der Waals surface area contributed by atoms with Crippen LogP contribution >= 0.6 is 0 Å². The standard InChI is InChI=1S/C22H35N5O2/c1-4-23-22(24-14-17(2)26-12-13-29-16-18(26)3)25-15-19-7-9-20(10-8-19)27-11-5-6-21(27)28/h7-10,17-18H,4-6,11-16H2,1-3H3,(H2,23,24,25). The minimum Gasteiger partial charge on any atom is -0.379 e. The first-order valence-electron chi connectivity index (χ1n) is 10.8. The lowest BCUT2D eigenvalue weighted by Crippen LogP contribution is -2.53. The normalized spacial score (nSPS) is 22.0. The van der Waals surface area contributed by atoms with Crippen LogP contribution in [0.4, 0.5) is 5.69 Å². The monoisotopic (exact) mass is 401 g/mol. The number of hydrogen-bond acceptors (Lipinski definition) is 4. The molecule has 7 nitrogen and oxygen atoms in total. The Hall–Kier alpha value is -2.12. The van der Waals surface area contributed by atoms with Gasteiger partial charge >= 0.3 is 0 Å². The summed E-state index contributed by atoms with van der Waals surface area (Å²) in [4.78, 5) is 21.0. The van der Waals surface area contributed by atoms with Crippen LogP contribution in [0.15, 0.2) is 29.3 Å². The third-order valence-electron chi connectivity index (χ3n) is 5.64. The number of rotatable bonds is 7. The van der Waals surface area contributed by atoms with Crippen LogP contribution in [0.5, 0.6) is 0 Å². The maximum Gasteiger partial charge on any atom is 0.227 e. The summed E-state index contributed by atoms with van der Waals surface area (Å²) in [5, 5.41) is 6.80. The van der Waals surface area contributed by atoms with Gasteiger partial charge < -0.3 is 20.3 Å². The highest BCUT2D eigenvalue weighted by molar-refractivity contribution is 5.95. The van der Waals surface area contributed by atoms with Gasteiger partial charge in [-0.3, -0.25) is 9.69 Å². The second-order valence-corrected chi connectivity index (χ2v) is 7.90. The summed E-state index contributed by atoms with van der Waals surface area (Å²) in [6.07, 6.45) is 1.61. The van der Waals surface area contributed by atoms with Crippen molar-refractivity contribution in [3.63, 3.8) is 0 Å². The van der Waals surface area contributed by atoms with Gasteiger partial charge in [0, 0.05) is 50.4 Å². The number of benzene rings is 1. The van der Waals surface area contributed by atoms with Gasteiger partial charge in [0.2, 0.25) is 5.91 Å². The average molecular weight is 402 g/mol.